The zero-order valence-corrected chi connectivity index (χ0v) is 17.7. The highest BCUT2D eigenvalue weighted by Gasteiger charge is 2.23. The summed E-state index contributed by atoms with van der Waals surface area (Å²) in [6, 6.07) is 15.8. The predicted octanol–water partition coefficient (Wildman–Crippen LogP) is 3.03. The first kappa shape index (κ1) is 21.0. The lowest BCUT2D eigenvalue weighted by Crippen LogP contribution is -2.44. The number of rotatable bonds is 6. The number of hydrogen-bond acceptors (Lipinski definition) is 3. The van der Waals surface area contributed by atoms with Gasteiger partial charge in [0.15, 0.2) is 5.96 Å². The SMILES string of the molecule is CCNC(=NCc1ccc(C(=O)NC)cc1)NC1CCN(c2cccc(Cl)c2)C1. The van der Waals surface area contributed by atoms with Crippen LogP contribution in [-0.4, -0.2) is 44.6 Å². The average molecular weight is 414 g/mol. The number of amides is 1. The van der Waals surface area contributed by atoms with Gasteiger partial charge in [0.2, 0.25) is 0 Å². The molecule has 0 aliphatic carbocycles. The van der Waals surface area contributed by atoms with E-state index in [2.05, 4.69) is 33.8 Å². The number of guanidine groups is 1. The molecule has 6 nitrogen and oxygen atoms in total. The van der Waals surface area contributed by atoms with Crippen molar-refractivity contribution in [2.75, 3.05) is 31.6 Å². The van der Waals surface area contributed by atoms with E-state index in [1.54, 1.807) is 7.05 Å². The molecule has 154 valence electrons. The van der Waals surface area contributed by atoms with E-state index < -0.39 is 0 Å². The van der Waals surface area contributed by atoms with Crippen molar-refractivity contribution >= 4 is 29.2 Å². The van der Waals surface area contributed by atoms with E-state index >= 15 is 0 Å². The first-order valence-corrected chi connectivity index (χ1v) is 10.3. The average Bonchev–Trinajstić information content (AvgIpc) is 3.20. The molecule has 3 N–H and O–H groups in total. The summed E-state index contributed by atoms with van der Waals surface area (Å²) in [4.78, 5) is 18.7. The molecule has 2 aromatic carbocycles. The summed E-state index contributed by atoms with van der Waals surface area (Å²) >= 11 is 6.13. The Labute approximate surface area is 177 Å². The summed E-state index contributed by atoms with van der Waals surface area (Å²) in [5, 5.41) is 10.2. The molecule has 3 rings (SSSR count). The molecule has 1 saturated heterocycles. The van der Waals surface area contributed by atoms with Gasteiger partial charge in [0.05, 0.1) is 6.54 Å². The van der Waals surface area contributed by atoms with Crippen LogP contribution < -0.4 is 20.9 Å². The van der Waals surface area contributed by atoms with E-state index in [-0.39, 0.29) is 5.91 Å². The van der Waals surface area contributed by atoms with Crippen molar-refractivity contribution in [1.29, 1.82) is 0 Å². The quantitative estimate of drug-likeness (QED) is 0.503. The van der Waals surface area contributed by atoms with Crippen LogP contribution in [0.4, 0.5) is 5.69 Å². The second-order valence-electron chi connectivity index (χ2n) is 7.03. The molecule has 0 bridgehead atoms. The third kappa shape index (κ3) is 5.87. The summed E-state index contributed by atoms with van der Waals surface area (Å²) in [7, 11) is 1.63. The molecule has 0 spiro atoms. The van der Waals surface area contributed by atoms with Gasteiger partial charge in [-0.15, -0.1) is 0 Å². The third-order valence-electron chi connectivity index (χ3n) is 4.91. The molecule has 1 atom stereocenters. The van der Waals surface area contributed by atoms with Crippen LogP contribution in [0.3, 0.4) is 0 Å². The number of benzene rings is 2. The van der Waals surface area contributed by atoms with Gasteiger partial charge in [-0.2, -0.15) is 0 Å². The molecule has 29 heavy (non-hydrogen) atoms. The van der Waals surface area contributed by atoms with Gasteiger partial charge >= 0.3 is 0 Å². The lowest BCUT2D eigenvalue weighted by atomic mass is 10.1. The molecule has 1 amide bonds. The molecular weight excluding hydrogens is 386 g/mol. The summed E-state index contributed by atoms with van der Waals surface area (Å²) < 4.78 is 0. The van der Waals surface area contributed by atoms with Gasteiger partial charge < -0.3 is 20.9 Å². The number of nitrogens with one attached hydrogen (secondary N) is 3. The lowest BCUT2D eigenvalue weighted by molar-refractivity contribution is 0.0963. The van der Waals surface area contributed by atoms with Crippen molar-refractivity contribution in [2.24, 2.45) is 4.99 Å². The van der Waals surface area contributed by atoms with Crippen molar-refractivity contribution < 1.29 is 4.79 Å². The number of carbonyl (C=O) groups excluding carboxylic acids is 1. The predicted molar refractivity (Wildman–Crippen MR) is 120 cm³/mol. The molecule has 1 aliphatic rings. The molecule has 1 fully saturated rings. The monoisotopic (exact) mass is 413 g/mol. The summed E-state index contributed by atoms with van der Waals surface area (Å²) in [5.74, 6) is 0.723. The topological polar surface area (TPSA) is 68.8 Å². The van der Waals surface area contributed by atoms with Gasteiger partial charge in [0.25, 0.3) is 5.91 Å². The second-order valence-corrected chi connectivity index (χ2v) is 7.46. The van der Waals surface area contributed by atoms with E-state index in [1.165, 1.54) is 0 Å². The van der Waals surface area contributed by atoms with E-state index in [9.17, 15) is 4.79 Å². The maximum absolute atomic E-state index is 11.6. The highest BCUT2D eigenvalue weighted by Crippen LogP contribution is 2.23. The molecule has 1 heterocycles. The van der Waals surface area contributed by atoms with Crippen LogP contribution in [0.2, 0.25) is 5.02 Å². The van der Waals surface area contributed by atoms with Crippen molar-refractivity contribution in [2.45, 2.75) is 25.9 Å². The number of anilines is 1. The minimum Gasteiger partial charge on any atom is -0.369 e. The third-order valence-corrected chi connectivity index (χ3v) is 5.14. The van der Waals surface area contributed by atoms with E-state index in [4.69, 9.17) is 16.6 Å². The Kier molecular flexibility index (Phi) is 7.36. The van der Waals surface area contributed by atoms with E-state index in [1.807, 2.05) is 42.5 Å². The number of nitrogens with zero attached hydrogens (tertiary/aromatic N) is 2. The first-order valence-electron chi connectivity index (χ1n) is 9.95. The molecule has 0 radical (unpaired) electrons. The summed E-state index contributed by atoms with van der Waals surface area (Å²) in [5.41, 5.74) is 2.86. The zero-order valence-electron chi connectivity index (χ0n) is 16.9. The second kappa shape index (κ2) is 10.2. The van der Waals surface area contributed by atoms with Gasteiger partial charge in [0, 0.05) is 49.0 Å². The smallest absolute Gasteiger partial charge is 0.251 e. The molecule has 7 heteroatoms. The summed E-state index contributed by atoms with van der Waals surface area (Å²) in [6.07, 6.45) is 1.04. The minimum absolute atomic E-state index is 0.0828. The van der Waals surface area contributed by atoms with Gasteiger partial charge in [-0.25, -0.2) is 4.99 Å². The van der Waals surface area contributed by atoms with Crippen LogP contribution in [0.5, 0.6) is 0 Å². The summed E-state index contributed by atoms with van der Waals surface area (Å²) in [6.45, 7) is 5.30. The lowest BCUT2D eigenvalue weighted by Gasteiger charge is -2.20. The highest BCUT2D eigenvalue weighted by molar-refractivity contribution is 6.30. The van der Waals surface area contributed by atoms with Crippen molar-refractivity contribution in [3.63, 3.8) is 0 Å². The van der Waals surface area contributed by atoms with Gasteiger partial charge in [-0.3, -0.25) is 4.79 Å². The molecule has 0 saturated carbocycles. The van der Waals surface area contributed by atoms with Crippen LogP contribution >= 0.6 is 11.6 Å². The molecule has 1 aliphatic heterocycles. The number of aliphatic imine (C=N–C) groups is 1. The number of carbonyl (C=O) groups is 1. The zero-order chi connectivity index (χ0) is 20.6. The normalized spacial score (nSPS) is 16.6. The fourth-order valence-corrected chi connectivity index (χ4v) is 3.56. The van der Waals surface area contributed by atoms with Crippen LogP contribution in [-0.2, 0) is 6.54 Å². The van der Waals surface area contributed by atoms with Gasteiger partial charge in [-0.05, 0) is 49.2 Å². The standard InChI is InChI=1S/C22H28ClN5O/c1-3-25-22(26-14-16-7-9-17(10-8-16)21(29)24-2)27-19-11-12-28(15-19)20-6-4-5-18(23)13-20/h4-10,13,19H,3,11-12,14-15H2,1-2H3,(H,24,29)(H2,25,26,27). The van der Waals surface area contributed by atoms with E-state index in [0.29, 0.717) is 18.2 Å². The van der Waals surface area contributed by atoms with Crippen LogP contribution in [0.25, 0.3) is 0 Å². The molecular formula is C22H28ClN5O. The maximum atomic E-state index is 11.6. The van der Waals surface area contributed by atoms with Crippen LogP contribution in [0.15, 0.2) is 53.5 Å². The molecule has 0 aromatic heterocycles. The first-order chi connectivity index (χ1) is 14.1. The Morgan fingerprint density at radius 3 is 2.72 bits per heavy atom. The minimum atomic E-state index is -0.0828. The van der Waals surface area contributed by atoms with Gasteiger partial charge in [0.1, 0.15) is 0 Å². The van der Waals surface area contributed by atoms with Crippen LogP contribution in [0, 0.1) is 0 Å². The largest absolute Gasteiger partial charge is 0.369 e. The number of hydrogen-bond donors (Lipinski definition) is 3. The fraction of sp³-hybridized carbons (Fsp3) is 0.364. The Morgan fingerprint density at radius 1 is 1.24 bits per heavy atom. The maximum Gasteiger partial charge on any atom is 0.251 e. The molecule has 2 aromatic rings. The van der Waals surface area contributed by atoms with Crippen molar-refractivity contribution in [3.8, 4) is 0 Å². The Morgan fingerprint density at radius 2 is 2.03 bits per heavy atom. The Bertz CT molecular complexity index is 853. The number of halogens is 1. The molecule has 1 unspecified atom stereocenters. The van der Waals surface area contributed by atoms with Crippen LogP contribution in [0.1, 0.15) is 29.3 Å². The van der Waals surface area contributed by atoms with Crippen molar-refractivity contribution in [1.82, 2.24) is 16.0 Å². The van der Waals surface area contributed by atoms with E-state index in [0.717, 1.165) is 48.3 Å². The van der Waals surface area contributed by atoms with Gasteiger partial charge in [-0.1, -0.05) is 29.8 Å². The Hall–Kier alpha value is -2.73. The highest BCUT2D eigenvalue weighted by atomic mass is 35.5. The van der Waals surface area contributed by atoms with Crippen molar-refractivity contribution in [3.05, 3.63) is 64.7 Å². The Balaban J connectivity index is 1.59. The fourth-order valence-electron chi connectivity index (χ4n) is 3.38.